The van der Waals surface area contributed by atoms with Crippen molar-refractivity contribution in [3.05, 3.63) is 47.0 Å². The van der Waals surface area contributed by atoms with E-state index in [1.807, 2.05) is 24.3 Å². The van der Waals surface area contributed by atoms with Gasteiger partial charge in [-0.3, -0.25) is 9.79 Å². The predicted octanol–water partition coefficient (Wildman–Crippen LogP) is 2.66. The van der Waals surface area contributed by atoms with Gasteiger partial charge in [-0.05, 0) is 43.4 Å². The van der Waals surface area contributed by atoms with E-state index >= 15 is 0 Å². The third-order valence-electron chi connectivity index (χ3n) is 5.57. The van der Waals surface area contributed by atoms with Crippen LogP contribution in [0.3, 0.4) is 0 Å². The highest BCUT2D eigenvalue weighted by Gasteiger charge is 2.14. The van der Waals surface area contributed by atoms with Gasteiger partial charge in [-0.1, -0.05) is 18.6 Å². The lowest BCUT2D eigenvalue weighted by atomic mass is 10.1. The van der Waals surface area contributed by atoms with Crippen LogP contribution in [0.2, 0.25) is 0 Å². The summed E-state index contributed by atoms with van der Waals surface area (Å²) in [6, 6.07) is 7.80. The number of carbonyl (C=O) groups excluding carboxylic acids is 1. The van der Waals surface area contributed by atoms with Crippen LogP contribution in [-0.4, -0.2) is 65.8 Å². The van der Waals surface area contributed by atoms with Crippen LogP contribution < -0.4 is 10.6 Å². The molecule has 0 atom stereocenters. The number of nitrogens with zero attached hydrogens (tertiary/aromatic N) is 5. The van der Waals surface area contributed by atoms with Gasteiger partial charge in [0.15, 0.2) is 5.96 Å². The first-order valence-electron chi connectivity index (χ1n) is 11.2. The summed E-state index contributed by atoms with van der Waals surface area (Å²) in [4.78, 5) is 18.0. The summed E-state index contributed by atoms with van der Waals surface area (Å²) in [6.07, 6.45) is 7.49. The van der Waals surface area contributed by atoms with Crippen molar-refractivity contribution in [2.75, 3.05) is 34.2 Å². The first kappa shape index (κ1) is 26.1. The molecule has 1 aromatic carbocycles. The minimum Gasteiger partial charge on any atom is -0.356 e. The van der Waals surface area contributed by atoms with E-state index < -0.39 is 0 Å². The maximum absolute atomic E-state index is 12.1. The second kappa shape index (κ2) is 13.4. The fraction of sp³-hybridized carbons (Fsp3) is 0.565. The van der Waals surface area contributed by atoms with Gasteiger partial charge in [-0.15, -0.1) is 34.2 Å². The quantitative estimate of drug-likeness (QED) is 0.227. The summed E-state index contributed by atoms with van der Waals surface area (Å²) in [5.74, 6) is 3.07. The van der Waals surface area contributed by atoms with Gasteiger partial charge in [0.2, 0.25) is 0 Å². The van der Waals surface area contributed by atoms with Crippen LogP contribution in [0.1, 0.15) is 53.3 Å². The van der Waals surface area contributed by atoms with E-state index in [1.165, 1.54) is 19.3 Å². The van der Waals surface area contributed by atoms with Gasteiger partial charge in [0, 0.05) is 59.2 Å². The molecule has 0 spiro atoms. The molecule has 9 heteroatoms. The van der Waals surface area contributed by atoms with Crippen LogP contribution >= 0.6 is 24.0 Å². The number of rotatable bonds is 8. The Bertz CT molecular complexity index is 894. The molecule has 0 unspecified atom stereocenters. The van der Waals surface area contributed by atoms with Crippen LogP contribution in [-0.2, 0) is 25.8 Å². The molecule has 1 amide bonds. The van der Waals surface area contributed by atoms with E-state index in [1.54, 1.807) is 26.0 Å². The van der Waals surface area contributed by atoms with Crippen molar-refractivity contribution in [1.29, 1.82) is 0 Å². The van der Waals surface area contributed by atoms with Gasteiger partial charge in [-0.2, -0.15) is 0 Å². The van der Waals surface area contributed by atoms with E-state index in [0.717, 1.165) is 74.1 Å². The van der Waals surface area contributed by atoms with E-state index in [9.17, 15) is 4.79 Å². The van der Waals surface area contributed by atoms with Gasteiger partial charge >= 0.3 is 0 Å². The number of hydrogen-bond acceptors (Lipinski definition) is 4. The molecule has 1 aliphatic heterocycles. The highest BCUT2D eigenvalue weighted by molar-refractivity contribution is 14.0. The summed E-state index contributed by atoms with van der Waals surface area (Å²) in [5.41, 5.74) is 1.85. The second-order valence-electron chi connectivity index (χ2n) is 8.17. The Morgan fingerprint density at radius 1 is 1.12 bits per heavy atom. The number of benzene rings is 1. The highest BCUT2D eigenvalue weighted by Crippen LogP contribution is 2.15. The maximum atomic E-state index is 12.1. The fourth-order valence-electron chi connectivity index (χ4n) is 3.85. The highest BCUT2D eigenvalue weighted by atomic mass is 127. The van der Waals surface area contributed by atoms with Crippen molar-refractivity contribution in [3.63, 3.8) is 0 Å². The third-order valence-corrected chi connectivity index (χ3v) is 5.57. The average Bonchev–Trinajstić information content (AvgIpc) is 3.00. The molecular formula is C23H36IN7O. The number of carbonyl (C=O) groups is 1. The molecule has 0 radical (unpaired) electrons. The Morgan fingerprint density at radius 2 is 1.94 bits per heavy atom. The zero-order chi connectivity index (χ0) is 22.1. The maximum Gasteiger partial charge on any atom is 0.253 e. The van der Waals surface area contributed by atoms with Gasteiger partial charge in [0.05, 0.1) is 0 Å². The van der Waals surface area contributed by atoms with Crippen LogP contribution in [0.15, 0.2) is 29.3 Å². The minimum absolute atomic E-state index is 0. The molecule has 8 nitrogen and oxygen atoms in total. The first-order chi connectivity index (χ1) is 15.1. The Hall–Kier alpha value is -2.17. The van der Waals surface area contributed by atoms with E-state index in [4.69, 9.17) is 0 Å². The lowest BCUT2D eigenvalue weighted by Crippen LogP contribution is -2.38. The zero-order valence-corrected chi connectivity index (χ0v) is 21.8. The standard InChI is InChI=1S/C23H35N7O.HI/c1-24-23(26-15-13-18-9-7-10-19(17-18)22(31)29(2)3)25-14-8-12-21-28-27-20-11-5-4-6-16-30(20)21;/h7,9-10,17H,4-6,8,11-16H2,1-3H3,(H2,24,25,26);1H. The number of aryl methyl sites for hydroxylation is 2. The van der Waals surface area contributed by atoms with Crippen molar-refractivity contribution in [3.8, 4) is 0 Å². The Kier molecular flexibility index (Phi) is 10.9. The molecule has 0 aliphatic carbocycles. The lowest BCUT2D eigenvalue weighted by molar-refractivity contribution is 0.0827. The minimum atomic E-state index is 0. The summed E-state index contributed by atoms with van der Waals surface area (Å²) in [5, 5.41) is 15.5. The summed E-state index contributed by atoms with van der Waals surface area (Å²) in [6.45, 7) is 2.63. The average molecular weight is 553 g/mol. The molecule has 0 bridgehead atoms. The Morgan fingerprint density at radius 3 is 2.72 bits per heavy atom. The zero-order valence-electron chi connectivity index (χ0n) is 19.4. The number of nitrogens with one attached hydrogen (secondary N) is 2. The normalized spacial score (nSPS) is 13.5. The van der Waals surface area contributed by atoms with Crippen LogP contribution in [0.5, 0.6) is 0 Å². The van der Waals surface area contributed by atoms with Crippen molar-refractivity contribution in [2.24, 2.45) is 4.99 Å². The van der Waals surface area contributed by atoms with Crippen molar-refractivity contribution < 1.29 is 4.79 Å². The number of aromatic nitrogens is 3. The van der Waals surface area contributed by atoms with Crippen molar-refractivity contribution >= 4 is 35.8 Å². The van der Waals surface area contributed by atoms with Crippen molar-refractivity contribution in [1.82, 2.24) is 30.3 Å². The second-order valence-corrected chi connectivity index (χ2v) is 8.17. The lowest BCUT2D eigenvalue weighted by Gasteiger charge is -2.13. The molecule has 1 aromatic heterocycles. The molecule has 32 heavy (non-hydrogen) atoms. The molecule has 2 heterocycles. The largest absolute Gasteiger partial charge is 0.356 e. The van der Waals surface area contributed by atoms with Gasteiger partial charge in [0.1, 0.15) is 11.6 Å². The number of halogens is 1. The monoisotopic (exact) mass is 553 g/mol. The molecular weight excluding hydrogens is 517 g/mol. The number of hydrogen-bond donors (Lipinski definition) is 2. The summed E-state index contributed by atoms with van der Waals surface area (Å²) < 4.78 is 2.31. The van der Waals surface area contributed by atoms with E-state index in [2.05, 4.69) is 30.4 Å². The molecule has 2 N–H and O–H groups in total. The van der Waals surface area contributed by atoms with Crippen LogP contribution in [0, 0.1) is 0 Å². The Labute approximate surface area is 208 Å². The molecule has 0 saturated carbocycles. The smallest absolute Gasteiger partial charge is 0.253 e. The topological polar surface area (TPSA) is 87.4 Å². The summed E-state index contributed by atoms with van der Waals surface area (Å²) >= 11 is 0. The predicted molar refractivity (Wildman–Crippen MR) is 139 cm³/mol. The molecule has 0 fully saturated rings. The number of amides is 1. The van der Waals surface area contributed by atoms with Gasteiger partial charge in [0.25, 0.3) is 5.91 Å². The van der Waals surface area contributed by atoms with Gasteiger partial charge < -0.3 is 20.1 Å². The fourth-order valence-corrected chi connectivity index (χ4v) is 3.85. The SMILES string of the molecule is CN=C(NCCCc1nnc2n1CCCCC2)NCCc1cccc(C(=O)N(C)C)c1.I. The van der Waals surface area contributed by atoms with Crippen LogP contribution in [0.25, 0.3) is 0 Å². The first-order valence-corrected chi connectivity index (χ1v) is 11.2. The number of guanidine groups is 1. The summed E-state index contributed by atoms with van der Waals surface area (Å²) in [7, 11) is 5.32. The molecule has 2 aromatic rings. The van der Waals surface area contributed by atoms with E-state index in [-0.39, 0.29) is 29.9 Å². The van der Waals surface area contributed by atoms with Gasteiger partial charge in [-0.25, -0.2) is 0 Å². The molecule has 176 valence electrons. The number of aliphatic imine (C=N–C) groups is 1. The van der Waals surface area contributed by atoms with Crippen LogP contribution in [0.4, 0.5) is 0 Å². The third kappa shape index (κ3) is 7.46. The molecule has 3 rings (SSSR count). The van der Waals surface area contributed by atoms with E-state index in [0.29, 0.717) is 0 Å². The number of fused-ring (bicyclic) bond motifs is 1. The molecule has 0 saturated heterocycles. The van der Waals surface area contributed by atoms with Crippen molar-refractivity contribution in [2.45, 2.75) is 51.5 Å². The molecule has 1 aliphatic rings. The Balaban J connectivity index is 0.00000363.